The van der Waals surface area contributed by atoms with E-state index >= 15 is 0 Å². The Balaban J connectivity index is 1.82. The van der Waals surface area contributed by atoms with Crippen molar-refractivity contribution in [3.8, 4) is 0 Å². The molecule has 2 N–H and O–H groups in total. The van der Waals surface area contributed by atoms with Gasteiger partial charge in [0.15, 0.2) is 5.69 Å². The Labute approximate surface area is 108 Å². The highest BCUT2D eigenvalue weighted by molar-refractivity contribution is 7.09. The number of hydrogen-bond donors (Lipinski definition) is 2. The molecule has 0 bridgehead atoms. The molecule has 0 spiro atoms. The summed E-state index contributed by atoms with van der Waals surface area (Å²) in [4.78, 5) is 26.3. The maximum absolute atomic E-state index is 11.7. The van der Waals surface area contributed by atoms with Gasteiger partial charge in [0.25, 0.3) is 0 Å². The highest BCUT2D eigenvalue weighted by Gasteiger charge is 2.21. The molecule has 98 valence electrons. The molecule has 1 amide bonds. The number of ether oxygens (including phenoxy) is 1. The first kappa shape index (κ1) is 13.0. The molecule has 0 aliphatic carbocycles. The molecule has 1 unspecified atom stereocenters. The Bertz CT molecular complexity index is 440. The fourth-order valence-electron chi connectivity index (χ4n) is 1.71. The summed E-state index contributed by atoms with van der Waals surface area (Å²) in [5.41, 5.74) is 0.0122. The monoisotopic (exact) mass is 270 g/mol. The zero-order valence-corrected chi connectivity index (χ0v) is 10.5. The Hall–Kier alpha value is -1.47. The van der Waals surface area contributed by atoms with Crippen molar-refractivity contribution in [1.82, 2.24) is 10.3 Å². The van der Waals surface area contributed by atoms with Crippen molar-refractivity contribution in [2.24, 2.45) is 0 Å². The lowest BCUT2D eigenvalue weighted by Crippen LogP contribution is -2.37. The number of nitrogens with one attached hydrogen (secondary N) is 1. The van der Waals surface area contributed by atoms with E-state index in [-0.39, 0.29) is 24.2 Å². The molecule has 1 atom stereocenters. The van der Waals surface area contributed by atoms with Gasteiger partial charge in [0.1, 0.15) is 11.1 Å². The smallest absolute Gasteiger partial charge is 0.355 e. The molecule has 1 aliphatic heterocycles. The van der Waals surface area contributed by atoms with Gasteiger partial charge in [-0.1, -0.05) is 0 Å². The minimum atomic E-state index is -1.06. The van der Waals surface area contributed by atoms with Crippen LogP contribution in [0.5, 0.6) is 0 Å². The maximum Gasteiger partial charge on any atom is 0.355 e. The molecule has 1 aliphatic rings. The first-order chi connectivity index (χ1) is 8.66. The van der Waals surface area contributed by atoms with Gasteiger partial charge >= 0.3 is 5.97 Å². The van der Waals surface area contributed by atoms with Crippen molar-refractivity contribution in [2.75, 3.05) is 6.61 Å². The van der Waals surface area contributed by atoms with Crippen molar-refractivity contribution in [3.63, 3.8) is 0 Å². The predicted molar refractivity (Wildman–Crippen MR) is 64.5 cm³/mol. The molecule has 1 aromatic rings. The Morgan fingerprint density at radius 3 is 3.00 bits per heavy atom. The van der Waals surface area contributed by atoms with E-state index in [9.17, 15) is 9.59 Å². The van der Waals surface area contributed by atoms with E-state index in [0.717, 1.165) is 19.3 Å². The maximum atomic E-state index is 11.7. The molecule has 18 heavy (non-hydrogen) atoms. The summed E-state index contributed by atoms with van der Waals surface area (Å²) in [6, 6.07) is 0. The third-order valence-electron chi connectivity index (χ3n) is 2.66. The van der Waals surface area contributed by atoms with Gasteiger partial charge in [0, 0.05) is 12.0 Å². The first-order valence-corrected chi connectivity index (χ1v) is 6.62. The van der Waals surface area contributed by atoms with Gasteiger partial charge in [-0.25, -0.2) is 9.78 Å². The molecule has 2 heterocycles. The second-order valence-corrected chi connectivity index (χ2v) is 4.95. The quantitative estimate of drug-likeness (QED) is 0.853. The number of carboxylic acids is 1. The molecular weight excluding hydrogens is 256 g/mol. The van der Waals surface area contributed by atoms with E-state index in [2.05, 4.69) is 10.3 Å². The number of carbonyl (C=O) groups excluding carboxylic acids is 1. The first-order valence-electron chi connectivity index (χ1n) is 5.74. The highest BCUT2D eigenvalue weighted by atomic mass is 32.1. The number of thiazole rings is 1. The number of rotatable bonds is 4. The van der Waals surface area contributed by atoms with Crippen molar-refractivity contribution in [2.45, 2.75) is 31.9 Å². The Morgan fingerprint density at radius 2 is 2.39 bits per heavy atom. The summed E-state index contributed by atoms with van der Waals surface area (Å²) in [5, 5.41) is 13.5. The molecule has 1 aromatic heterocycles. The van der Waals surface area contributed by atoms with E-state index in [1.165, 1.54) is 16.7 Å². The molecule has 7 heteroatoms. The van der Waals surface area contributed by atoms with Crippen LogP contribution >= 0.6 is 11.3 Å². The number of carbonyl (C=O) groups is 2. The third kappa shape index (κ3) is 3.27. The van der Waals surface area contributed by atoms with Crippen molar-refractivity contribution < 1.29 is 19.4 Å². The van der Waals surface area contributed by atoms with Gasteiger partial charge in [0.05, 0.1) is 6.54 Å². The minimum absolute atomic E-state index is 0.0122. The number of aromatic carboxylic acids is 1. The Morgan fingerprint density at radius 1 is 1.56 bits per heavy atom. The molecule has 2 rings (SSSR count). The molecule has 6 nitrogen and oxygen atoms in total. The van der Waals surface area contributed by atoms with Gasteiger partial charge in [-0.2, -0.15) is 0 Å². The molecule has 1 fully saturated rings. The SMILES string of the molecule is O=C(O)c1csc(CNC(=O)C2CCCCO2)n1. The van der Waals surface area contributed by atoms with E-state index in [0.29, 0.717) is 11.6 Å². The fourth-order valence-corrected chi connectivity index (χ4v) is 2.42. The van der Waals surface area contributed by atoms with Crippen LogP contribution in [0, 0.1) is 0 Å². The third-order valence-corrected chi connectivity index (χ3v) is 3.51. The summed E-state index contributed by atoms with van der Waals surface area (Å²) in [5.74, 6) is -1.21. The van der Waals surface area contributed by atoms with E-state index in [1.54, 1.807) is 0 Å². The number of aromatic nitrogens is 1. The zero-order chi connectivity index (χ0) is 13.0. The average Bonchev–Trinajstić information content (AvgIpc) is 2.86. The fraction of sp³-hybridized carbons (Fsp3) is 0.545. The van der Waals surface area contributed by atoms with E-state index in [1.807, 2.05) is 0 Å². The number of carboxylic acid groups (broad SMARTS) is 1. The van der Waals surface area contributed by atoms with Gasteiger partial charge < -0.3 is 15.2 Å². The second kappa shape index (κ2) is 5.92. The van der Waals surface area contributed by atoms with Crippen molar-refractivity contribution in [3.05, 3.63) is 16.1 Å². The second-order valence-electron chi connectivity index (χ2n) is 4.00. The summed E-state index contributed by atoms with van der Waals surface area (Å²) < 4.78 is 5.35. The lowest BCUT2D eigenvalue weighted by atomic mass is 10.1. The largest absolute Gasteiger partial charge is 0.476 e. The lowest BCUT2D eigenvalue weighted by Gasteiger charge is -2.21. The topological polar surface area (TPSA) is 88.5 Å². The summed E-state index contributed by atoms with van der Waals surface area (Å²) in [6.45, 7) is 0.870. The van der Waals surface area contributed by atoms with Crippen LogP contribution < -0.4 is 5.32 Å². The highest BCUT2D eigenvalue weighted by Crippen LogP contribution is 2.13. The van der Waals surface area contributed by atoms with Gasteiger partial charge in [0.2, 0.25) is 5.91 Å². The molecule has 1 saturated heterocycles. The summed E-state index contributed by atoms with van der Waals surface area (Å²) >= 11 is 1.22. The molecular formula is C11H14N2O4S. The van der Waals surface area contributed by atoms with Crippen LogP contribution in [0.2, 0.25) is 0 Å². The van der Waals surface area contributed by atoms with Gasteiger partial charge in [-0.15, -0.1) is 11.3 Å². The summed E-state index contributed by atoms with van der Waals surface area (Å²) in [6.07, 6.45) is 2.36. The van der Waals surface area contributed by atoms with Gasteiger partial charge in [-0.05, 0) is 19.3 Å². The number of hydrogen-bond acceptors (Lipinski definition) is 5. The van der Waals surface area contributed by atoms with Crippen LogP contribution in [0.1, 0.15) is 34.8 Å². The van der Waals surface area contributed by atoms with E-state index < -0.39 is 5.97 Å². The van der Waals surface area contributed by atoms with Crippen LogP contribution in [0.25, 0.3) is 0 Å². The van der Waals surface area contributed by atoms with Crippen LogP contribution in [-0.2, 0) is 16.1 Å². The molecule has 0 radical (unpaired) electrons. The van der Waals surface area contributed by atoms with Crippen LogP contribution in [0.15, 0.2) is 5.38 Å². The number of amides is 1. The molecule has 0 saturated carbocycles. The number of nitrogens with zero attached hydrogens (tertiary/aromatic N) is 1. The lowest BCUT2D eigenvalue weighted by molar-refractivity contribution is -0.135. The van der Waals surface area contributed by atoms with Crippen LogP contribution in [0.4, 0.5) is 0 Å². The van der Waals surface area contributed by atoms with Gasteiger partial charge in [-0.3, -0.25) is 4.79 Å². The predicted octanol–water partition coefficient (Wildman–Crippen LogP) is 1.03. The average molecular weight is 270 g/mol. The van der Waals surface area contributed by atoms with E-state index in [4.69, 9.17) is 9.84 Å². The summed E-state index contributed by atoms with van der Waals surface area (Å²) in [7, 11) is 0. The zero-order valence-electron chi connectivity index (χ0n) is 9.72. The Kier molecular flexibility index (Phi) is 4.27. The normalized spacial score (nSPS) is 19.4. The van der Waals surface area contributed by atoms with Crippen molar-refractivity contribution in [1.29, 1.82) is 0 Å². The minimum Gasteiger partial charge on any atom is -0.476 e. The molecule has 0 aromatic carbocycles. The van der Waals surface area contributed by atoms with Crippen LogP contribution in [-0.4, -0.2) is 34.7 Å². The standard InChI is InChI=1S/C11H14N2O4S/c14-10(8-3-1-2-4-17-8)12-5-9-13-7(6-18-9)11(15)16/h6,8H,1-5H2,(H,12,14)(H,15,16). The van der Waals surface area contributed by atoms with Crippen LogP contribution in [0.3, 0.4) is 0 Å². The van der Waals surface area contributed by atoms with Crippen molar-refractivity contribution >= 4 is 23.2 Å².